The number of carbonyl (C=O) groups is 5. The predicted octanol–water partition coefficient (Wildman–Crippen LogP) is 4.01. The van der Waals surface area contributed by atoms with Crippen LogP contribution < -0.4 is 16.0 Å². The third kappa shape index (κ3) is 9.07. The van der Waals surface area contributed by atoms with E-state index in [9.17, 15) is 24.0 Å². The number of carbonyl (C=O) groups excluding carboxylic acids is 5. The van der Waals surface area contributed by atoms with Gasteiger partial charge in [0, 0.05) is 37.9 Å². The molecule has 3 saturated carbocycles. The molecule has 3 amide bonds. The van der Waals surface area contributed by atoms with Gasteiger partial charge in [-0.2, -0.15) is 0 Å². The molecule has 3 aliphatic carbocycles. The molecule has 0 unspecified atom stereocenters. The van der Waals surface area contributed by atoms with Crippen LogP contribution in [-0.2, 0) is 19.2 Å². The molecule has 6 atom stereocenters. The number of nitrogens with zero attached hydrogens (tertiary/aromatic N) is 3. The monoisotopic (exact) mass is 664 g/mol. The van der Waals surface area contributed by atoms with Gasteiger partial charge in [-0.3, -0.25) is 33.9 Å². The number of ketones is 2. The molecule has 4 aliphatic rings. The number of hydrogen-bond donors (Lipinski definition) is 3. The highest BCUT2D eigenvalue weighted by molar-refractivity contribution is 6.38. The van der Waals surface area contributed by atoms with Crippen molar-refractivity contribution in [2.75, 3.05) is 13.1 Å². The molecule has 1 aromatic rings. The molecule has 0 spiro atoms. The number of fused-ring (bicyclic) bond motifs is 1. The molecule has 11 nitrogen and oxygen atoms in total. The first kappa shape index (κ1) is 36.1. The van der Waals surface area contributed by atoms with Crippen molar-refractivity contribution in [3.8, 4) is 0 Å². The van der Waals surface area contributed by atoms with Crippen molar-refractivity contribution in [1.29, 1.82) is 0 Å². The number of nitrogens with one attached hydrogen (secondary N) is 3. The lowest BCUT2D eigenvalue weighted by Crippen LogP contribution is -2.55. The highest BCUT2D eigenvalue weighted by Crippen LogP contribution is 2.44. The molecule has 0 radical (unpaired) electrons. The summed E-state index contributed by atoms with van der Waals surface area (Å²) < 4.78 is 0. The van der Waals surface area contributed by atoms with E-state index in [1.165, 1.54) is 18.6 Å². The molecule has 1 aromatic heterocycles. The van der Waals surface area contributed by atoms with Crippen LogP contribution in [0.15, 0.2) is 18.6 Å². The van der Waals surface area contributed by atoms with Crippen molar-refractivity contribution in [3.63, 3.8) is 0 Å². The summed E-state index contributed by atoms with van der Waals surface area (Å²) in [5, 5.41) is 8.84. The van der Waals surface area contributed by atoms with E-state index in [1.54, 1.807) is 0 Å². The maximum atomic E-state index is 14.3. The fourth-order valence-electron chi connectivity index (χ4n) is 8.26. The average molecular weight is 665 g/mol. The number of hydrogen-bond acceptors (Lipinski definition) is 8. The maximum Gasteiger partial charge on any atom is 0.289 e. The lowest BCUT2D eigenvalue weighted by molar-refractivity contribution is -0.141. The van der Waals surface area contributed by atoms with Crippen LogP contribution in [-0.4, -0.2) is 81.4 Å². The van der Waals surface area contributed by atoms with E-state index in [1.807, 2.05) is 6.92 Å². The summed E-state index contributed by atoms with van der Waals surface area (Å²) in [4.78, 5) is 77.8. The molecule has 1 aliphatic heterocycles. The van der Waals surface area contributed by atoms with Gasteiger partial charge >= 0.3 is 0 Å². The first-order chi connectivity index (χ1) is 23.0. The second kappa shape index (κ2) is 16.0. The summed E-state index contributed by atoms with van der Waals surface area (Å²) in [7, 11) is 0. The van der Waals surface area contributed by atoms with Crippen molar-refractivity contribution < 1.29 is 24.0 Å². The Balaban J connectivity index is 1.32. The minimum absolute atomic E-state index is 0.0229. The molecule has 2 heterocycles. The molecule has 1 saturated heterocycles. The molecule has 0 bridgehead atoms. The second-order valence-electron chi connectivity index (χ2n) is 15.9. The molecule has 264 valence electrons. The SMILES string of the molecule is CCC[C@H](NC(=O)[C@@H]1[C@H]2CCC[C@H]2CN1C[C@@H](CC(=O)[C@@H](NC(=O)c1cnccn1)C1CCCCC1)C(C)(C)C)C(=O)C(=O)NC1CC1. The highest BCUT2D eigenvalue weighted by Gasteiger charge is 2.49. The summed E-state index contributed by atoms with van der Waals surface area (Å²) in [5.41, 5.74) is -0.0528. The lowest BCUT2D eigenvalue weighted by atomic mass is 9.74. The van der Waals surface area contributed by atoms with Gasteiger partial charge in [0.15, 0.2) is 5.78 Å². The summed E-state index contributed by atoms with van der Waals surface area (Å²) in [6.45, 7) is 9.69. The molecular weight excluding hydrogens is 608 g/mol. The molecule has 4 fully saturated rings. The van der Waals surface area contributed by atoms with Gasteiger partial charge in [0.1, 0.15) is 5.69 Å². The number of amides is 3. The van der Waals surface area contributed by atoms with Crippen LogP contribution >= 0.6 is 0 Å². The van der Waals surface area contributed by atoms with E-state index in [2.05, 4.69) is 51.6 Å². The summed E-state index contributed by atoms with van der Waals surface area (Å²) in [6.07, 6.45) is 15.6. The summed E-state index contributed by atoms with van der Waals surface area (Å²) >= 11 is 0. The Labute approximate surface area is 285 Å². The molecule has 11 heteroatoms. The molecule has 48 heavy (non-hydrogen) atoms. The summed E-state index contributed by atoms with van der Waals surface area (Å²) in [5.74, 6) is -1.16. The number of Topliss-reactive ketones (excluding diaryl/α,β-unsaturated/α-hetero) is 2. The Morgan fingerprint density at radius 1 is 0.938 bits per heavy atom. The second-order valence-corrected chi connectivity index (χ2v) is 15.9. The standard InChI is InChI=1S/C37H56N6O5/c1-5-10-28(33(45)36(48)40-26-15-16-26)41-35(47)32-27-14-9-13-24(27)21-43(32)22-25(37(2,3)4)19-30(44)31(23-11-7-6-8-12-23)42-34(46)29-20-38-17-18-39-29/h17-18,20,23-28,31-32H,5-16,19,21-22H2,1-4H3,(H,40,48)(H,41,47)(H,42,46)/t24-,25+,27-,28-,31-,32-/m0/s1. The Kier molecular flexibility index (Phi) is 12.0. The largest absolute Gasteiger partial charge is 0.347 e. The Morgan fingerprint density at radius 2 is 1.69 bits per heavy atom. The Morgan fingerprint density at radius 3 is 2.33 bits per heavy atom. The first-order valence-corrected chi connectivity index (χ1v) is 18.4. The van der Waals surface area contributed by atoms with Crippen LogP contribution in [0.4, 0.5) is 0 Å². The van der Waals surface area contributed by atoms with Gasteiger partial charge in [0.2, 0.25) is 11.7 Å². The van der Waals surface area contributed by atoms with Crippen molar-refractivity contribution in [3.05, 3.63) is 24.3 Å². The number of aromatic nitrogens is 2. The smallest absolute Gasteiger partial charge is 0.289 e. The van der Waals surface area contributed by atoms with E-state index in [0.29, 0.717) is 25.3 Å². The predicted molar refractivity (Wildman–Crippen MR) is 182 cm³/mol. The van der Waals surface area contributed by atoms with E-state index in [0.717, 1.165) is 70.8 Å². The maximum absolute atomic E-state index is 14.3. The van der Waals surface area contributed by atoms with Crippen molar-refractivity contribution in [2.24, 2.45) is 29.1 Å². The van der Waals surface area contributed by atoms with E-state index >= 15 is 0 Å². The van der Waals surface area contributed by atoms with Crippen molar-refractivity contribution in [1.82, 2.24) is 30.8 Å². The quantitative estimate of drug-likeness (QED) is 0.238. The fraction of sp³-hybridized carbons (Fsp3) is 0.757. The molecule has 5 rings (SSSR count). The zero-order valence-corrected chi connectivity index (χ0v) is 29.3. The van der Waals surface area contributed by atoms with Crippen LogP contribution in [0.5, 0.6) is 0 Å². The van der Waals surface area contributed by atoms with E-state index < -0.39 is 29.8 Å². The van der Waals surface area contributed by atoms with Crippen LogP contribution in [0.2, 0.25) is 0 Å². The van der Waals surface area contributed by atoms with Gasteiger partial charge < -0.3 is 16.0 Å². The van der Waals surface area contributed by atoms with Gasteiger partial charge in [0.25, 0.3) is 11.8 Å². The third-order valence-corrected chi connectivity index (χ3v) is 11.3. The number of likely N-dealkylation sites (tertiary alicyclic amines) is 1. The Hall–Kier alpha value is -3.21. The Bertz CT molecular complexity index is 1300. The minimum Gasteiger partial charge on any atom is -0.347 e. The lowest BCUT2D eigenvalue weighted by Gasteiger charge is -2.38. The topological polar surface area (TPSA) is 150 Å². The highest BCUT2D eigenvalue weighted by atomic mass is 16.2. The average Bonchev–Trinajstić information content (AvgIpc) is 3.65. The zero-order chi connectivity index (χ0) is 34.4. The van der Waals surface area contributed by atoms with Gasteiger partial charge in [-0.25, -0.2) is 4.98 Å². The van der Waals surface area contributed by atoms with Gasteiger partial charge in [0.05, 0.1) is 24.3 Å². The van der Waals surface area contributed by atoms with Crippen molar-refractivity contribution in [2.45, 2.75) is 135 Å². The molecular formula is C37H56N6O5. The van der Waals surface area contributed by atoms with E-state index in [-0.39, 0.29) is 58.9 Å². The zero-order valence-electron chi connectivity index (χ0n) is 29.3. The summed E-state index contributed by atoms with van der Waals surface area (Å²) in [6, 6.07) is -1.80. The van der Waals surface area contributed by atoms with Crippen LogP contribution in [0.3, 0.4) is 0 Å². The first-order valence-electron chi connectivity index (χ1n) is 18.4. The normalized spacial score (nSPS) is 25.0. The van der Waals surface area contributed by atoms with Gasteiger partial charge in [-0.1, -0.05) is 59.8 Å². The fourth-order valence-corrected chi connectivity index (χ4v) is 8.26. The van der Waals surface area contributed by atoms with Crippen LogP contribution in [0.25, 0.3) is 0 Å². The molecule has 3 N–H and O–H groups in total. The van der Waals surface area contributed by atoms with Crippen LogP contribution in [0.1, 0.15) is 122 Å². The van der Waals surface area contributed by atoms with Crippen molar-refractivity contribution >= 4 is 29.3 Å². The van der Waals surface area contributed by atoms with E-state index in [4.69, 9.17) is 0 Å². The minimum atomic E-state index is -0.849. The van der Waals surface area contributed by atoms with Gasteiger partial charge in [-0.15, -0.1) is 0 Å². The molecule has 0 aromatic carbocycles. The third-order valence-electron chi connectivity index (χ3n) is 11.3. The number of rotatable bonds is 15. The van der Waals surface area contributed by atoms with Gasteiger partial charge in [-0.05, 0) is 74.0 Å². The van der Waals surface area contributed by atoms with Crippen LogP contribution in [0, 0.1) is 29.1 Å².